The Hall–Kier alpha value is -0.870. The molecule has 1 unspecified atom stereocenters. The van der Waals surface area contributed by atoms with E-state index in [4.69, 9.17) is 5.11 Å². The summed E-state index contributed by atoms with van der Waals surface area (Å²) in [7, 11) is 0. The Morgan fingerprint density at radius 3 is 2.64 bits per heavy atom. The molecule has 0 aromatic rings. The van der Waals surface area contributed by atoms with Gasteiger partial charge in [-0.25, -0.2) is 0 Å². The highest BCUT2D eigenvalue weighted by atomic mass is 16.4. The van der Waals surface area contributed by atoms with E-state index in [0.29, 0.717) is 35.5 Å². The van der Waals surface area contributed by atoms with Crippen LogP contribution in [0.2, 0.25) is 0 Å². The van der Waals surface area contributed by atoms with Gasteiger partial charge in [0.2, 0.25) is 0 Å². The molecule has 0 aliphatic heterocycles. The summed E-state index contributed by atoms with van der Waals surface area (Å²) in [6.07, 6.45) is 11.3. The molecule has 28 heavy (non-hydrogen) atoms. The van der Waals surface area contributed by atoms with E-state index in [-0.39, 0.29) is 29.5 Å². The number of carboxylic acids is 1. The van der Waals surface area contributed by atoms with E-state index in [1.165, 1.54) is 0 Å². The molecule has 0 saturated heterocycles. The molecule has 0 aromatic carbocycles. The Bertz CT molecular complexity index is 645. The van der Waals surface area contributed by atoms with Gasteiger partial charge in [-0.1, -0.05) is 32.9 Å². The third-order valence-electron chi connectivity index (χ3n) is 9.67. The third kappa shape index (κ3) is 3.06. The largest absolute Gasteiger partial charge is 0.481 e. The number of fused-ring (bicyclic) bond motifs is 5. The molecule has 0 heterocycles. The second-order valence-electron chi connectivity index (χ2n) is 11.0. The number of carbonyl (C=O) groups is 1. The van der Waals surface area contributed by atoms with Crippen LogP contribution in [-0.4, -0.2) is 33.5 Å². The van der Waals surface area contributed by atoms with Gasteiger partial charge in [0, 0.05) is 6.42 Å². The summed E-state index contributed by atoms with van der Waals surface area (Å²) in [5.74, 6) is 1.80. The second-order valence-corrected chi connectivity index (χ2v) is 11.0. The van der Waals surface area contributed by atoms with E-state index < -0.39 is 5.97 Å². The lowest BCUT2D eigenvalue weighted by Gasteiger charge is -2.60. The molecule has 4 nitrogen and oxygen atoms in total. The van der Waals surface area contributed by atoms with E-state index in [2.05, 4.69) is 32.9 Å². The van der Waals surface area contributed by atoms with E-state index in [9.17, 15) is 15.0 Å². The van der Waals surface area contributed by atoms with Gasteiger partial charge in [0.1, 0.15) is 0 Å². The Labute approximate surface area is 169 Å². The van der Waals surface area contributed by atoms with Crippen LogP contribution >= 0.6 is 0 Å². The lowest BCUT2D eigenvalue weighted by molar-refractivity contribution is -0.138. The average Bonchev–Trinajstić information content (AvgIpc) is 2.98. The van der Waals surface area contributed by atoms with Crippen LogP contribution in [0.25, 0.3) is 0 Å². The van der Waals surface area contributed by atoms with Gasteiger partial charge in [-0.05, 0) is 91.3 Å². The van der Waals surface area contributed by atoms with Gasteiger partial charge in [-0.15, -0.1) is 0 Å². The molecule has 0 spiro atoms. The Balaban J connectivity index is 1.61. The highest BCUT2D eigenvalue weighted by Crippen LogP contribution is 2.66. The molecule has 4 aliphatic rings. The molecule has 158 valence electrons. The van der Waals surface area contributed by atoms with Crippen LogP contribution in [0.1, 0.15) is 72.1 Å². The predicted octanol–water partition coefficient (Wildman–Crippen LogP) is 4.25. The second kappa shape index (κ2) is 7.12. The number of rotatable bonds is 4. The molecular formula is C24H38O4. The number of hydrogen-bond donors (Lipinski definition) is 3. The van der Waals surface area contributed by atoms with Gasteiger partial charge in [-0.2, -0.15) is 0 Å². The topological polar surface area (TPSA) is 77.8 Å². The summed E-state index contributed by atoms with van der Waals surface area (Å²) in [5, 5.41) is 30.5. The van der Waals surface area contributed by atoms with Gasteiger partial charge in [0.25, 0.3) is 0 Å². The fourth-order valence-electron chi connectivity index (χ4n) is 8.07. The van der Waals surface area contributed by atoms with E-state index in [1.807, 2.05) is 0 Å². The molecule has 0 aromatic heterocycles. The van der Waals surface area contributed by atoms with Crippen LogP contribution in [0.15, 0.2) is 12.2 Å². The summed E-state index contributed by atoms with van der Waals surface area (Å²) in [4.78, 5) is 11.0. The number of aliphatic hydroxyl groups is 2. The van der Waals surface area contributed by atoms with Gasteiger partial charge < -0.3 is 15.3 Å². The quantitative estimate of drug-likeness (QED) is 0.627. The summed E-state index contributed by atoms with van der Waals surface area (Å²) in [6.45, 7) is 6.99. The van der Waals surface area contributed by atoms with E-state index in [0.717, 1.165) is 44.9 Å². The van der Waals surface area contributed by atoms with Crippen LogP contribution in [0.5, 0.6) is 0 Å². The van der Waals surface area contributed by atoms with Gasteiger partial charge in [0.05, 0.1) is 12.2 Å². The first kappa shape index (κ1) is 20.4. The minimum Gasteiger partial charge on any atom is -0.481 e. The van der Waals surface area contributed by atoms with Crippen LogP contribution in [0, 0.1) is 46.3 Å². The van der Waals surface area contributed by atoms with Crippen molar-refractivity contribution >= 4 is 5.97 Å². The highest BCUT2D eigenvalue weighted by molar-refractivity contribution is 5.66. The molecule has 0 radical (unpaired) electrons. The first-order chi connectivity index (χ1) is 13.2. The maximum atomic E-state index is 11.2. The predicted molar refractivity (Wildman–Crippen MR) is 109 cm³/mol. The Morgan fingerprint density at radius 2 is 1.93 bits per heavy atom. The van der Waals surface area contributed by atoms with Crippen molar-refractivity contribution in [3.05, 3.63) is 12.2 Å². The number of aliphatic hydroxyl groups excluding tert-OH is 2. The minimum atomic E-state index is -0.702. The fraction of sp³-hybridized carbons (Fsp3) is 0.875. The summed E-state index contributed by atoms with van der Waals surface area (Å²) < 4.78 is 0. The molecule has 3 saturated carbocycles. The zero-order valence-corrected chi connectivity index (χ0v) is 17.7. The van der Waals surface area contributed by atoms with E-state index in [1.54, 1.807) is 0 Å². The summed E-state index contributed by atoms with van der Waals surface area (Å²) in [5.41, 5.74) is 0.255. The lowest BCUT2D eigenvalue weighted by Crippen LogP contribution is -2.57. The number of allylic oxidation sites excluding steroid dienone is 2. The van der Waals surface area contributed by atoms with Crippen molar-refractivity contribution in [1.29, 1.82) is 0 Å². The molecule has 3 N–H and O–H groups in total. The van der Waals surface area contributed by atoms with Gasteiger partial charge in [0.15, 0.2) is 0 Å². The van der Waals surface area contributed by atoms with E-state index >= 15 is 0 Å². The van der Waals surface area contributed by atoms with Crippen molar-refractivity contribution < 1.29 is 20.1 Å². The standard InChI is InChI=1S/C24H38O4/c1-14(4-7-21(27)28)17-5-6-18-22-19(9-11-24(17,18)3)23(2)10-8-16(25)12-15(23)13-20(22)26/h9,11,14-20,22,25-26H,4-8,10,12-13H2,1-3H3,(H,27,28)/t14-,15?,16-,17-,18+,19+,20-,22+,23+,24-/m1/s1. The average molecular weight is 391 g/mol. The third-order valence-corrected chi connectivity index (χ3v) is 9.67. The zero-order chi connectivity index (χ0) is 20.3. The van der Waals surface area contributed by atoms with Crippen molar-refractivity contribution in [2.45, 2.75) is 84.3 Å². The smallest absolute Gasteiger partial charge is 0.303 e. The minimum absolute atomic E-state index is 0.0669. The Morgan fingerprint density at radius 1 is 1.18 bits per heavy atom. The zero-order valence-electron chi connectivity index (χ0n) is 17.7. The van der Waals surface area contributed by atoms with Crippen LogP contribution < -0.4 is 0 Å². The number of aliphatic carboxylic acids is 1. The van der Waals surface area contributed by atoms with Crippen molar-refractivity contribution in [2.24, 2.45) is 46.3 Å². The first-order valence-corrected chi connectivity index (χ1v) is 11.4. The first-order valence-electron chi connectivity index (χ1n) is 11.4. The van der Waals surface area contributed by atoms with Crippen molar-refractivity contribution in [2.75, 3.05) is 0 Å². The molecule has 0 bridgehead atoms. The normalized spacial score (nSPS) is 51.1. The maximum absolute atomic E-state index is 11.2. The van der Waals surface area contributed by atoms with Crippen LogP contribution in [0.3, 0.4) is 0 Å². The van der Waals surface area contributed by atoms with Crippen molar-refractivity contribution in [3.8, 4) is 0 Å². The summed E-state index contributed by atoms with van der Waals surface area (Å²) in [6, 6.07) is 0. The molecule has 4 aliphatic carbocycles. The lowest BCUT2D eigenvalue weighted by atomic mass is 9.46. The highest BCUT2D eigenvalue weighted by Gasteiger charge is 2.61. The van der Waals surface area contributed by atoms with Gasteiger partial charge >= 0.3 is 5.97 Å². The Kier molecular flexibility index (Phi) is 5.19. The number of carboxylic acid groups (broad SMARTS) is 1. The molecule has 0 amide bonds. The van der Waals surface area contributed by atoms with Crippen LogP contribution in [-0.2, 0) is 4.79 Å². The molecule has 10 atom stereocenters. The molecule has 4 rings (SSSR count). The monoisotopic (exact) mass is 390 g/mol. The van der Waals surface area contributed by atoms with Gasteiger partial charge in [-0.3, -0.25) is 4.79 Å². The molecule has 3 fully saturated rings. The molecular weight excluding hydrogens is 352 g/mol. The number of hydrogen-bond acceptors (Lipinski definition) is 3. The van der Waals surface area contributed by atoms with Crippen LogP contribution in [0.4, 0.5) is 0 Å². The van der Waals surface area contributed by atoms with Crippen molar-refractivity contribution in [3.63, 3.8) is 0 Å². The fourth-order valence-corrected chi connectivity index (χ4v) is 8.07. The summed E-state index contributed by atoms with van der Waals surface area (Å²) >= 11 is 0. The SMILES string of the molecule is C[C@H](CCC(=O)O)[C@H]1CC[C@H]2[C@@H]3[C@H](O)CC4C[C@H](O)CC[C@]4(C)[C@H]3C=C[C@]12C. The molecule has 4 heteroatoms. The maximum Gasteiger partial charge on any atom is 0.303 e. The van der Waals surface area contributed by atoms with Crippen molar-refractivity contribution in [1.82, 2.24) is 0 Å².